The summed E-state index contributed by atoms with van der Waals surface area (Å²) < 4.78 is 5.21. The van der Waals surface area contributed by atoms with Crippen LogP contribution in [0.2, 0.25) is 0 Å². The Morgan fingerprint density at radius 3 is 2.35 bits per heavy atom. The van der Waals surface area contributed by atoms with Gasteiger partial charge in [0, 0.05) is 6.54 Å². The molecule has 2 rings (SSSR count). The molecule has 2 nitrogen and oxygen atoms in total. The molecule has 0 spiro atoms. The Hall–Kier alpha value is -1.80. The molecule has 0 heterocycles. The fraction of sp³-hybridized carbons (Fsp3) is 0.200. The molecule has 0 amide bonds. The van der Waals surface area contributed by atoms with Crippen molar-refractivity contribution in [3.05, 3.63) is 53.6 Å². The molecule has 2 heteroatoms. The Labute approximate surface area is 102 Å². The minimum Gasteiger partial charge on any atom is -0.497 e. The van der Waals surface area contributed by atoms with Gasteiger partial charge in [0.25, 0.3) is 0 Å². The molecule has 0 aromatic heterocycles. The van der Waals surface area contributed by atoms with Crippen molar-refractivity contribution < 1.29 is 4.74 Å². The number of aryl methyl sites for hydroxylation is 1. The summed E-state index contributed by atoms with van der Waals surface area (Å²) in [6.45, 7) is 2.60. The van der Waals surface area contributed by atoms with Gasteiger partial charge in [-0.05, 0) is 35.7 Å². The van der Waals surface area contributed by atoms with E-state index in [1.54, 1.807) is 7.11 Å². The fourth-order valence-corrected chi connectivity index (χ4v) is 1.88. The van der Waals surface area contributed by atoms with Gasteiger partial charge in [-0.25, -0.2) is 0 Å². The average molecular weight is 227 g/mol. The minimum absolute atomic E-state index is 0.514. The Morgan fingerprint density at radius 1 is 1.06 bits per heavy atom. The number of nitrogens with two attached hydrogens (primary N) is 1. The van der Waals surface area contributed by atoms with Crippen LogP contribution in [0.4, 0.5) is 0 Å². The van der Waals surface area contributed by atoms with Gasteiger partial charge in [-0.15, -0.1) is 0 Å². The molecule has 0 saturated carbocycles. The van der Waals surface area contributed by atoms with E-state index in [0.29, 0.717) is 6.54 Å². The van der Waals surface area contributed by atoms with Crippen LogP contribution in [0.3, 0.4) is 0 Å². The number of hydrogen-bond donors (Lipinski definition) is 1. The van der Waals surface area contributed by atoms with Gasteiger partial charge in [-0.2, -0.15) is 0 Å². The Balaban J connectivity index is 2.47. The Kier molecular flexibility index (Phi) is 3.45. The van der Waals surface area contributed by atoms with Crippen molar-refractivity contribution in [3.63, 3.8) is 0 Å². The lowest BCUT2D eigenvalue weighted by Gasteiger charge is -2.10. The largest absolute Gasteiger partial charge is 0.497 e. The monoisotopic (exact) mass is 227 g/mol. The molecule has 2 N–H and O–H groups in total. The van der Waals surface area contributed by atoms with Crippen molar-refractivity contribution >= 4 is 0 Å². The highest BCUT2D eigenvalue weighted by atomic mass is 16.5. The zero-order chi connectivity index (χ0) is 12.3. The molecule has 0 aliphatic carbocycles. The maximum absolute atomic E-state index is 5.79. The zero-order valence-corrected chi connectivity index (χ0v) is 10.2. The maximum atomic E-state index is 5.79. The summed E-state index contributed by atoms with van der Waals surface area (Å²) in [7, 11) is 1.67. The van der Waals surface area contributed by atoms with Crippen molar-refractivity contribution in [1.82, 2.24) is 0 Å². The van der Waals surface area contributed by atoms with Gasteiger partial charge < -0.3 is 10.5 Å². The molecule has 2 aromatic carbocycles. The molecule has 0 aliphatic rings. The van der Waals surface area contributed by atoms with Crippen LogP contribution in [-0.4, -0.2) is 7.11 Å². The second-order valence-electron chi connectivity index (χ2n) is 4.09. The van der Waals surface area contributed by atoms with E-state index < -0.39 is 0 Å². The van der Waals surface area contributed by atoms with Crippen LogP contribution in [-0.2, 0) is 6.54 Å². The molecule has 0 radical (unpaired) electrons. The Morgan fingerprint density at radius 2 is 1.76 bits per heavy atom. The van der Waals surface area contributed by atoms with Gasteiger partial charge in [0.1, 0.15) is 5.75 Å². The molecule has 0 saturated heterocycles. The lowest BCUT2D eigenvalue weighted by Crippen LogP contribution is -1.99. The second kappa shape index (κ2) is 5.02. The van der Waals surface area contributed by atoms with Crippen molar-refractivity contribution in [2.24, 2.45) is 5.73 Å². The maximum Gasteiger partial charge on any atom is 0.119 e. The van der Waals surface area contributed by atoms with Crippen LogP contribution in [0.1, 0.15) is 11.1 Å². The van der Waals surface area contributed by atoms with Gasteiger partial charge in [0.15, 0.2) is 0 Å². The first-order valence-corrected chi connectivity index (χ1v) is 5.68. The predicted molar refractivity (Wildman–Crippen MR) is 71.1 cm³/mol. The third-order valence-corrected chi connectivity index (χ3v) is 2.89. The van der Waals surface area contributed by atoms with Crippen LogP contribution in [0.5, 0.6) is 5.75 Å². The first-order valence-electron chi connectivity index (χ1n) is 5.68. The summed E-state index contributed by atoms with van der Waals surface area (Å²) in [4.78, 5) is 0. The predicted octanol–water partition coefficient (Wildman–Crippen LogP) is 3.13. The van der Waals surface area contributed by atoms with E-state index >= 15 is 0 Å². The topological polar surface area (TPSA) is 35.2 Å². The SMILES string of the molecule is COc1ccc(-c2ccc(C)cc2)c(CN)c1. The molecule has 2 aromatic rings. The van der Waals surface area contributed by atoms with E-state index in [4.69, 9.17) is 10.5 Å². The summed E-state index contributed by atoms with van der Waals surface area (Å²) in [5, 5.41) is 0. The summed E-state index contributed by atoms with van der Waals surface area (Å²) >= 11 is 0. The molecular formula is C15H17NO. The lowest BCUT2D eigenvalue weighted by molar-refractivity contribution is 0.414. The van der Waals surface area contributed by atoms with Gasteiger partial charge in [0.2, 0.25) is 0 Å². The average Bonchev–Trinajstić information content (AvgIpc) is 2.39. The van der Waals surface area contributed by atoms with Gasteiger partial charge in [0.05, 0.1) is 7.11 Å². The second-order valence-corrected chi connectivity index (χ2v) is 4.09. The first kappa shape index (κ1) is 11.7. The van der Waals surface area contributed by atoms with Crippen LogP contribution >= 0.6 is 0 Å². The summed E-state index contributed by atoms with van der Waals surface area (Å²) in [6.07, 6.45) is 0. The van der Waals surface area contributed by atoms with Gasteiger partial charge in [-0.1, -0.05) is 35.9 Å². The number of benzene rings is 2. The molecule has 0 atom stereocenters. The van der Waals surface area contributed by atoms with Crippen molar-refractivity contribution in [3.8, 4) is 16.9 Å². The number of rotatable bonds is 3. The summed E-state index contributed by atoms with van der Waals surface area (Å²) in [5.74, 6) is 0.848. The standard InChI is InChI=1S/C15H17NO/c1-11-3-5-12(6-4-11)15-8-7-14(17-2)9-13(15)10-16/h3-9H,10,16H2,1-2H3. The highest BCUT2D eigenvalue weighted by molar-refractivity contribution is 5.68. The summed E-state index contributed by atoms with van der Waals surface area (Å²) in [6, 6.07) is 14.5. The van der Waals surface area contributed by atoms with E-state index in [2.05, 4.69) is 37.3 Å². The zero-order valence-electron chi connectivity index (χ0n) is 10.2. The molecular weight excluding hydrogens is 210 g/mol. The fourth-order valence-electron chi connectivity index (χ4n) is 1.88. The van der Waals surface area contributed by atoms with Crippen LogP contribution in [0.25, 0.3) is 11.1 Å². The van der Waals surface area contributed by atoms with E-state index in [9.17, 15) is 0 Å². The highest BCUT2D eigenvalue weighted by Crippen LogP contribution is 2.27. The lowest BCUT2D eigenvalue weighted by atomic mass is 9.98. The Bertz CT molecular complexity index is 503. The normalized spacial score (nSPS) is 10.3. The molecule has 0 aliphatic heterocycles. The van der Waals surface area contributed by atoms with Crippen molar-refractivity contribution in [2.75, 3.05) is 7.11 Å². The molecule has 17 heavy (non-hydrogen) atoms. The highest BCUT2D eigenvalue weighted by Gasteiger charge is 2.05. The van der Waals surface area contributed by atoms with Crippen molar-refractivity contribution in [1.29, 1.82) is 0 Å². The first-order chi connectivity index (χ1) is 8.24. The van der Waals surface area contributed by atoms with Gasteiger partial charge in [-0.3, -0.25) is 0 Å². The van der Waals surface area contributed by atoms with E-state index in [1.165, 1.54) is 16.7 Å². The summed E-state index contributed by atoms with van der Waals surface area (Å²) in [5.41, 5.74) is 10.5. The molecule has 0 unspecified atom stereocenters. The van der Waals surface area contributed by atoms with E-state index in [-0.39, 0.29) is 0 Å². The number of methoxy groups -OCH3 is 1. The number of hydrogen-bond acceptors (Lipinski definition) is 2. The molecule has 0 fully saturated rings. The smallest absolute Gasteiger partial charge is 0.119 e. The van der Waals surface area contributed by atoms with Crippen LogP contribution in [0, 0.1) is 6.92 Å². The molecule has 0 bridgehead atoms. The van der Waals surface area contributed by atoms with Crippen LogP contribution in [0.15, 0.2) is 42.5 Å². The molecule has 88 valence electrons. The van der Waals surface area contributed by atoms with Crippen LogP contribution < -0.4 is 10.5 Å². The minimum atomic E-state index is 0.514. The quantitative estimate of drug-likeness (QED) is 0.874. The van der Waals surface area contributed by atoms with E-state index in [1.807, 2.05) is 12.1 Å². The number of ether oxygens (including phenoxy) is 1. The third kappa shape index (κ3) is 2.48. The van der Waals surface area contributed by atoms with Crippen molar-refractivity contribution in [2.45, 2.75) is 13.5 Å². The van der Waals surface area contributed by atoms with Gasteiger partial charge >= 0.3 is 0 Å². The van der Waals surface area contributed by atoms with E-state index in [0.717, 1.165) is 11.3 Å². The third-order valence-electron chi connectivity index (χ3n) is 2.89.